The van der Waals surface area contributed by atoms with Crippen LogP contribution < -0.4 is 16.0 Å². The van der Waals surface area contributed by atoms with Gasteiger partial charge in [-0.1, -0.05) is 39.3 Å². The van der Waals surface area contributed by atoms with Crippen molar-refractivity contribution in [2.24, 2.45) is 5.16 Å². The van der Waals surface area contributed by atoms with Gasteiger partial charge in [0.05, 0.1) is 11.3 Å². The van der Waals surface area contributed by atoms with Crippen LogP contribution in [-0.4, -0.2) is 55.8 Å². The van der Waals surface area contributed by atoms with Crippen LogP contribution in [0.15, 0.2) is 57.8 Å². The number of amides is 1. The molecule has 1 amide bonds. The number of anilines is 2. The standard InChI is InChI=1S/C22H22BrN5O2.2ClH/c23-14-5-6-18-16(13-14)19(22(29)26-18)21-20(15-3-1-2-4-17(15)25-21)27-30-12-11-28-9-7-24-8-10-28;;/h1-6,13,24-25H,7-12H2,(H,26,29);2*1H/b21-19-,27-20+;;. The summed E-state index contributed by atoms with van der Waals surface area (Å²) in [5.41, 5.74) is 5.39. The minimum absolute atomic E-state index is 0. The second-order valence-corrected chi connectivity index (χ2v) is 8.35. The number of carbonyl (C=O) groups excluding carboxylic acids is 1. The third-order valence-corrected chi connectivity index (χ3v) is 6.01. The molecule has 0 aliphatic carbocycles. The van der Waals surface area contributed by atoms with Crippen molar-refractivity contribution in [1.82, 2.24) is 10.2 Å². The highest BCUT2D eigenvalue weighted by atomic mass is 79.9. The number of fused-ring (bicyclic) bond motifs is 2. The topological polar surface area (TPSA) is 78.0 Å². The van der Waals surface area contributed by atoms with Crippen molar-refractivity contribution in [3.05, 3.63) is 63.8 Å². The predicted molar refractivity (Wildman–Crippen MR) is 136 cm³/mol. The number of nitrogens with one attached hydrogen (secondary N) is 3. The third-order valence-electron chi connectivity index (χ3n) is 5.52. The highest BCUT2D eigenvalue weighted by Crippen LogP contribution is 2.40. The van der Waals surface area contributed by atoms with Gasteiger partial charge in [0.25, 0.3) is 5.91 Å². The Labute approximate surface area is 207 Å². The van der Waals surface area contributed by atoms with Gasteiger partial charge in [-0.15, -0.1) is 24.8 Å². The van der Waals surface area contributed by atoms with E-state index in [2.05, 4.69) is 41.9 Å². The molecule has 0 spiro atoms. The van der Waals surface area contributed by atoms with E-state index >= 15 is 0 Å². The summed E-state index contributed by atoms with van der Waals surface area (Å²) < 4.78 is 0.914. The maximum absolute atomic E-state index is 12.8. The van der Waals surface area contributed by atoms with Crippen molar-refractivity contribution in [2.45, 2.75) is 0 Å². The highest BCUT2D eigenvalue weighted by Gasteiger charge is 2.34. The number of carbonyl (C=O) groups is 1. The van der Waals surface area contributed by atoms with Gasteiger partial charge >= 0.3 is 0 Å². The van der Waals surface area contributed by atoms with E-state index in [4.69, 9.17) is 4.84 Å². The molecule has 5 rings (SSSR count). The van der Waals surface area contributed by atoms with Crippen LogP contribution in [0.4, 0.5) is 11.4 Å². The Morgan fingerprint density at radius 3 is 2.56 bits per heavy atom. The fraction of sp³-hybridized carbons (Fsp3) is 0.273. The fourth-order valence-electron chi connectivity index (χ4n) is 4.01. The van der Waals surface area contributed by atoms with Crippen LogP contribution in [-0.2, 0) is 9.63 Å². The van der Waals surface area contributed by atoms with E-state index in [9.17, 15) is 4.79 Å². The summed E-state index contributed by atoms with van der Waals surface area (Å²) in [6, 6.07) is 13.6. The van der Waals surface area contributed by atoms with E-state index in [1.165, 1.54) is 0 Å². The second-order valence-electron chi connectivity index (χ2n) is 7.43. The van der Waals surface area contributed by atoms with Crippen molar-refractivity contribution >= 4 is 69.3 Å². The predicted octanol–water partition coefficient (Wildman–Crippen LogP) is 3.71. The molecule has 10 heteroatoms. The van der Waals surface area contributed by atoms with Crippen LogP contribution in [0, 0.1) is 0 Å². The molecule has 3 heterocycles. The monoisotopic (exact) mass is 539 g/mol. The van der Waals surface area contributed by atoms with Crippen molar-refractivity contribution in [3.8, 4) is 0 Å². The smallest absolute Gasteiger partial charge is 0.258 e. The molecule has 170 valence electrons. The van der Waals surface area contributed by atoms with Crippen LogP contribution >= 0.6 is 40.7 Å². The highest BCUT2D eigenvalue weighted by molar-refractivity contribution is 9.10. The van der Waals surface area contributed by atoms with Crippen LogP contribution in [0.3, 0.4) is 0 Å². The van der Waals surface area contributed by atoms with Gasteiger partial charge < -0.3 is 20.8 Å². The normalized spacial score (nSPS) is 20.5. The van der Waals surface area contributed by atoms with Gasteiger partial charge in [0.1, 0.15) is 12.3 Å². The molecule has 0 radical (unpaired) electrons. The minimum Gasteiger partial charge on any atom is -0.394 e. The Hall–Kier alpha value is -2.10. The molecule has 0 aromatic heterocycles. The fourth-order valence-corrected chi connectivity index (χ4v) is 4.37. The summed E-state index contributed by atoms with van der Waals surface area (Å²) in [5, 5.41) is 14.1. The number of piperazine rings is 1. The minimum atomic E-state index is -0.146. The quantitative estimate of drug-likeness (QED) is 0.313. The van der Waals surface area contributed by atoms with Crippen LogP contribution in [0.1, 0.15) is 11.1 Å². The molecule has 0 unspecified atom stereocenters. The number of hydrogen-bond donors (Lipinski definition) is 3. The van der Waals surface area contributed by atoms with Crippen molar-refractivity contribution < 1.29 is 9.63 Å². The zero-order valence-electron chi connectivity index (χ0n) is 17.2. The molecule has 0 atom stereocenters. The van der Waals surface area contributed by atoms with Gasteiger partial charge in [-0.25, -0.2) is 0 Å². The molecule has 3 N–H and O–H groups in total. The molecule has 1 fully saturated rings. The van der Waals surface area contributed by atoms with Gasteiger partial charge in [-0.05, 0) is 24.3 Å². The molecule has 7 nitrogen and oxygen atoms in total. The number of hydrogen-bond acceptors (Lipinski definition) is 6. The molecule has 0 bridgehead atoms. The number of halogens is 3. The first-order valence-electron chi connectivity index (χ1n) is 10.1. The van der Waals surface area contributed by atoms with Gasteiger partial charge in [0.15, 0.2) is 0 Å². The first-order chi connectivity index (χ1) is 14.7. The molecule has 3 aliphatic heterocycles. The Morgan fingerprint density at radius 2 is 1.75 bits per heavy atom. The van der Waals surface area contributed by atoms with E-state index in [1.807, 2.05) is 42.5 Å². The summed E-state index contributed by atoms with van der Waals surface area (Å²) in [6.45, 7) is 5.38. The van der Waals surface area contributed by atoms with E-state index in [0.29, 0.717) is 23.6 Å². The number of benzene rings is 2. The summed E-state index contributed by atoms with van der Waals surface area (Å²) in [4.78, 5) is 20.9. The average Bonchev–Trinajstić information content (AvgIpc) is 3.28. The lowest BCUT2D eigenvalue weighted by molar-refractivity contribution is -0.110. The lowest BCUT2D eigenvalue weighted by Gasteiger charge is -2.26. The van der Waals surface area contributed by atoms with Gasteiger partial charge in [0.2, 0.25) is 0 Å². The van der Waals surface area contributed by atoms with Crippen LogP contribution in [0.25, 0.3) is 5.57 Å². The lowest BCUT2D eigenvalue weighted by Crippen LogP contribution is -2.44. The lowest BCUT2D eigenvalue weighted by atomic mass is 10.0. The zero-order chi connectivity index (χ0) is 20.5. The molecule has 2 aromatic rings. The average molecular weight is 541 g/mol. The Morgan fingerprint density at radius 1 is 1.00 bits per heavy atom. The Balaban J connectivity index is 0.00000144. The maximum atomic E-state index is 12.8. The Kier molecular flexibility index (Phi) is 8.19. The molecule has 1 saturated heterocycles. The molecule has 0 saturated carbocycles. The first kappa shape index (κ1) is 24.5. The first-order valence-corrected chi connectivity index (χ1v) is 10.9. The molecule has 32 heavy (non-hydrogen) atoms. The van der Waals surface area contributed by atoms with Crippen LogP contribution in [0.2, 0.25) is 0 Å². The van der Waals surface area contributed by atoms with Gasteiger partial charge in [-0.3, -0.25) is 9.69 Å². The van der Waals surface area contributed by atoms with Gasteiger partial charge in [0, 0.05) is 59.7 Å². The molecular weight excluding hydrogens is 517 g/mol. The maximum Gasteiger partial charge on any atom is 0.258 e. The summed E-state index contributed by atoms with van der Waals surface area (Å²) in [6.07, 6.45) is 0. The van der Waals surface area contributed by atoms with E-state index in [1.54, 1.807) is 0 Å². The number of rotatable bonds is 4. The summed E-state index contributed by atoms with van der Waals surface area (Å²) in [7, 11) is 0. The van der Waals surface area contributed by atoms with Gasteiger partial charge in [-0.2, -0.15) is 0 Å². The molecule has 2 aromatic carbocycles. The van der Waals surface area contributed by atoms with Crippen molar-refractivity contribution in [3.63, 3.8) is 0 Å². The van der Waals surface area contributed by atoms with E-state index < -0.39 is 0 Å². The number of allylic oxidation sites excluding steroid dienone is 1. The Bertz CT molecular complexity index is 1070. The van der Waals surface area contributed by atoms with Crippen molar-refractivity contribution in [2.75, 3.05) is 50.0 Å². The largest absolute Gasteiger partial charge is 0.394 e. The van der Waals surface area contributed by atoms with E-state index in [0.717, 1.165) is 59.7 Å². The SMILES string of the molecule is Cl.Cl.O=C1Nc2ccc(Br)cc2/C1=C1/Nc2ccccc2/C1=N\OCCN1CCNCC1. The molecular formula is C22H24BrCl2N5O2. The summed E-state index contributed by atoms with van der Waals surface area (Å²) >= 11 is 3.51. The molecule has 3 aliphatic rings. The number of nitrogens with zero attached hydrogens (tertiary/aromatic N) is 2. The van der Waals surface area contributed by atoms with E-state index in [-0.39, 0.29) is 30.7 Å². The second kappa shape index (κ2) is 10.7. The number of para-hydroxylation sites is 1. The zero-order valence-corrected chi connectivity index (χ0v) is 20.4. The number of oxime groups is 1. The van der Waals surface area contributed by atoms with Crippen molar-refractivity contribution in [1.29, 1.82) is 0 Å². The third kappa shape index (κ3) is 4.79. The van der Waals surface area contributed by atoms with Crippen LogP contribution in [0.5, 0.6) is 0 Å². The summed E-state index contributed by atoms with van der Waals surface area (Å²) in [5.74, 6) is -0.146.